The van der Waals surface area contributed by atoms with E-state index in [0.717, 1.165) is 13.0 Å². The van der Waals surface area contributed by atoms with Gasteiger partial charge in [-0.2, -0.15) is 0 Å². The minimum Gasteiger partial charge on any atom is -0.368 e. The molecule has 0 saturated heterocycles. The summed E-state index contributed by atoms with van der Waals surface area (Å²) >= 11 is 0. The van der Waals surface area contributed by atoms with Gasteiger partial charge in [0.15, 0.2) is 0 Å². The lowest BCUT2D eigenvalue weighted by molar-refractivity contribution is -0.128. The smallest absolute Gasteiger partial charge is 0.240 e. The van der Waals surface area contributed by atoms with Gasteiger partial charge in [0.05, 0.1) is 6.04 Å². The SMILES string of the molecule is CC.CCC(C)CNC(CCN)C(=O)NC(CCN)C(N)=O. The Balaban J connectivity index is 0. The predicted octanol–water partition coefficient (Wildman–Crippen LogP) is -0.315. The Labute approximate surface area is 134 Å². The molecule has 0 fully saturated rings. The highest BCUT2D eigenvalue weighted by atomic mass is 16.2. The van der Waals surface area contributed by atoms with Gasteiger partial charge in [0.2, 0.25) is 11.8 Å². The molecule has 7 heteroatoms. The summed E-state index contributed by atoms with van der Waals surface area (Å²) in [5.41, 5.74) is 16.2. The molecule has 0 heterocycles. The summed E-state index contributed by atoms with van der Waals surface area (Å²) in [6.45, 7) is 9.60. The van der Waals surface area contributed by atoms with E-state index >= 15 is 0 Å². The molecule has 0 aliphatic carbocycles. The van der Waals surface area contributed by atoms with Crippen LogP contribution < -0.4 is 27.8 Å². The summed E-state index contributed by atoms with van der Waals surface area (Å²) in [4.78, 5) is 23.4. The van der Waals surface area contributed by atoms with Crippen molar-refractivity contribution in [3.8, 4) is 0 Å². The van der Waals surface area contributed by atoms with E-state index in [1.54, 1.807) is 0 Å². The van der Waals surface area contributed by atoms with Crippen LogP contribution in [0.1, 0.15) is 47.0 Å². The van der Waals surface area contributed by atoms with Gasteiger partial charge in [-0.15, -0.1) is 0 Å². The van der Waals surface area contributed by atoms with Crippen molar-refractivity contribution in [1.82, 2.24) is 10.6 Å². The van der Waals surface area contributed by atoms with Crippen LogP contribution in [0.15, 0.2) is 0 Å². The zero-order valence-corrected chi connectivity index (χ0v) is 14.5. The molecule has 0 rings (SSSR count). The number of rotatable bonds is 11. The third kappa shape index (κ3) is 10.5. The normalized spacial score (nSPS) is 14.3. The number of primary amides is 1. The van der Waals surface area contributed by atoms with E-state index in [0.29, 0.717) is 25.3 Å². The number of nitrogens with two attached hydrogens (primary N) is 3. The van der Waals surface area contributed by atoms with Crippen molar-refractivity contribution in [1.29, 1.82) is 0 Å². The lowest BCUT2D eigenvalue weighted by Gasteiger charge is -2.22. The summed E-state index contributed by atoms with van der Waals surface area (Å²) in [6.07, 6.45) is 1.87. The molecule has 7 nitrogen and oxygen atoms in total. The first-order valence-electron chi connectivity index (χ1n) is 8.19. The van der Waals surface area contributed by atoms with Crippen LogP contribution in [0.5, 0.6) is 0 Å². The Bertz CT molecular complexity index is 300. The van der Waals surface area contributed by atoms with Crippen LogP contribution in [0.25, 0.3) is 0 Å². The van der Waals surface area contributed by atoms with Crippen molar-refractivity contribution in [2.24, 2.45) is 23.1 Å². The standard InChI is InChI=1S/C13H29N5O2.C2H6/c1-3-9(2)8-17-11(5-7-15)13(20)18-10(4-6-14)12(16)19;1-2/h9-11,17H,3-8,14-15H2,1-2H3,(H2,16,19)(H,18,20);1-2H3. The van der Waals surface area contributed by atoms with Crippen LogP contribution >= 0.6 is 0 Å². The largest absolute Gasteiger partial charge is 0.368 e. The second kappa shape index (κ2) is 14.7. The van der Waals surface area contributed by atoms with Gasteiger partial charge in [-0.25, -0.2) is 0 Å². The number of amides is 2. The van der Waals surface area contributed by atoms with Gasteiger partial charge in [-0.05, 0) is 38.4 Å². The average molecular weight is 317 g/mol. The van der Waals surface area contributed by atoms with Gasteiger partial charge in [0.25, 0.3) is 0 Å². The van der Waals surface area contributed by atoms with Crippen molar-refractivity contribution in [3.63, 3.8) is 0 Å². The van der Waals surface area contributed by atoms with E-state index in [9.17, 15) is 9.59 Å². The molecule has 8 N–H and O–H groups in total. The van der Waals surface area contributed by atoms with Gasteiger partial charge in [-0.3, -0.25) is 9.59 Å². The molecular formula is C15H35N5O2. The van der Waals surface area contributed by atoms with Gasteiger partial charge in [0.1, 0.15) is 6.04 Å². The number of hydrogen-bond donors (Lipinski definition) is 5. The zero-order valence-electron chi connectivity index (χ0n) is 14.5. The molecule has 0 radical (unpaired) electrons. The molecule has 0 aliphatic rings. The molecule has 2 amide bonds. The molecule has 22 heavy (non-hydrogen) atoms. The molecule has 3 unspecified atom stereocenters. The maximum Gasteiger partial charge on any atom is 0.240 e. The fraction of sp³-hybridized carbons (Fsp3) is 0.867. The molecule has 3 atom stereocenters. The number of hydrogen-bond acceptors (Lipinski definition) is 5. The molecule has 0 aliphatic heterocycles. The highest BCUT2D eigenvalue weighted by Crippen LogP contribution is 2.01. The van der Waals surface area contributed by atoms with Crippen molar-refractivity contribution >= 4 is 11.8 Å². The predicted molar refractivity (Wildman–Crippen MR) is 91.1 cm³/mol. The number of nitrogens with one attached hydrogen (secondary N) is 2. The summed E-state index contributed by atoms with van der Waals surface area (Å²) in [6, 6.07) is -1.13. The molecule has 0 aromatic carbocycles. The highest BCUT2D eigenvalue weighted by Gasteiger charge is 2.23. The Hall–Kier alpha value is -1.18. The van der Waals surface area contributed by atoms with Crippen molar-refractivity contribution in [2.75, 3.05) is 19.6 Å². The Morgan fingerprint density at radius 1 is 1.05 bits per heavy atom. The van der Waals surface area contributed by atoms with E-state index < -0.39 is 18.0 Å². The minimum atomic E-state index is -0.724. The topological polar surface area (TPSA) is 136 Å². The van der Waals surface area contributed by atoms with Crippen LogP contribution in [-0.2, 0) is 9.59 Å². The second-order valence-electron chi connectivity index (χ2n) is 5.09. The summed E-state index contributed by atoms with van der Waals surface area (Å²) < 4.78 is 0. The Kier molecular flexibility index (Phi) is 15.5. The van der Waals surface area contributed by atoms with Crippen LogP contribution in [0.4, 0.5) is 0 Å². The monoisotopic (exact) mass is 317 g/mol. The molecule has 0 aromatic rings. The second-order valence-corrected chi connectivity index (χ2v) is 5.09. The first-order chi connectivity index (χ1) is 10.5. The van der Waals surface area contributed by atoms with Gasteiger partial charge < -0.3 is 27.8 Å². The molecule has 132 valence electrons. The van der Waals surface area contributed by atoms with Crippen LogP contribution in [-0.4, -0.2) is 43.5 Å². The Morgan fingerprint density at radius 2 is 1.55 bits per heavy atom. The summed E-state index contributed by atoms with van der Waals surface area (Å²) in [5, 5.41) is 5.81. The van der Waals surface area contributed by atoms with Crippen molar-refractivity contribution < 1.29 is 9.59 Å². The molecule has 0 spiro atoms. The third-order valence-corrected chi connectivity index (χ3v) is 3.30. The average Bonchev–Trinajstić information content (AvgIpc) is 2.52. The van der Waals surface area contributed by atoms with Crippen molar-refractivity contribution in [2.45, 2.75) is 59.0 Å². The highest BCUT2D eigenvalue weighted by molar-refractivity contribution is 5.89. The summed E-state index contributed by atoms with van der Waals surface area (Å²) in [7, 11) is 0. The zero-order chi connectivity index (χ0) is 17.5. The fourth-order valence-corrected chi connectivity index (χ4v) is 1.70. The van der Waals surface area contributed by atoms with Crippen LogP contribution in [0.3, 0.4) is 0 Å². The fourth-order valence-electron chi connectivity index (χ4n) is 1.70. The maximum atomic E-state index is 12.1. The quantitative estimate of drug-likeness (QED) is 0.356. The lowest BCUT2D eigenvalue weighted by Crippen LogP contribution is -2.53. The molecule has 0 bridgehead atoms. The van der Waals surface area contributed by atoms with E-state index in [1.807, 2.05) is 13.8 Å². The number of carbonyl (C=O) groups is 2. The number of carbonyl (C=O) groups excluding carboxylic acids is 2. The van der Waals surface area contributed by atoms with Gasteiger partial charge in [0, 0.05) is 0 Å². The lowest BCUT2D eigenvalue weighted by atomic mass is 10.1. The van der Waals surface area contributed by atoms with Gasteiger partial charge in [-0.1, -0.05) is 34.1 Å². The van der Waals surface area contributed by atoms with E-state index in [4.69, 9.17) is 17.2 Å². The van der Waals surface area contributed by atoms with E-state index in [1.165, 1.54) is 0 Å². The Morgan fingerprint density at radius 3 is 1.95 bits per heavy atom. The van der Waals surface area contributed by atoms with Gasteiger partial charge >= 0.3 is 0 Å². The maximum absolute atomic E-state index is 12.1. The molecular weight excluding hydrogens is 282 g/mol. The van der Waals surface area contributed by atoms with Crippen LogP contribution in [0, 0.1) is 5.92 Å². The van der Waals surface area contributed by atoms with Crippen molar-refractivity contribution in [3.05, 3.63) is 0 Å². The minimum absolute atomic E-state index is 0.254. The van der Waals surface area contributed by atoms with Crippen LogP contribution in [0.2, 0.25) is 0 Å². The van der Waals surface area contributed by atoms with E-state index in [-0.39, 0.29) is 12.5 Å². The molecule has 0 saturated carbocycles. The summed E-state index contributed by atoms with van der Waals surface area (Å²) in [5.74, 6) is -0.354. The first-order valence-corrected chi connectivity index (χ1v) is 8.19. The molecule has 0 aromatic heterocycles. The third-order valence-electron chi connectivity index (χ3n) is 3.30. The first kappa shape index (κ1) is 23.1. The van der Waals surface area contributed by atoms with E-state index in [2.05, 4.69) is 24.5 Å².